The summed E-state index contributed by atoms with van der Waals surface area (Å²) in [5.41, 5.74) is 1.65. The molecule has 1 atom stereocenters. The highest BCUT2D eigenvalue weighted by atomic mass is 32.2. The van der Waals surface area contributed by atoms with Crippen molar-refractivity contribution in [3.63, 3.8) is 0 Å². The molecule has 0 saturated carbocycles. The largest absolute Gasteiger partial charge is 0.332 e. The minimum Gasteiger partial charge on any atom is -0.332 e. The Morgan fingerprint density at radius 1 is 0.967 bits per heavy atom. The van der Waals surface area contributed by atoms with Crippen LogP contribution in [0.25, 0.3) is 10.8 Å². The molecule has 156 valence electrons. The Morgan fingerprint density at radius 3 is 2.47 bits per heavy atom. The van der Waals surface area contributed by atoms with Crippen molar-refractivity contribution in [2.45, 2.75) is 37.1 Å². The van der Waals surface area contributed by atoms with Crippen LogP contribution in [0.1, 0.15) is 26.2 Å². The monoisotopic (exact) mass is 439 g/mol. The molecule has 2 N–H and O–H groups in total. The third-order valence-electron chi connectivity index (χ3n) is 5.50. The molecule has 0 bridgehead atoms. The Balaban J connectivity index is 1.46. The summed E-state index contributed by atoms with van der Waals surface area (Å²) in [6, 6.07) is 20.9. The molecule has 3 aromatic carbocycles. The van der Waals surface area contributed by atoms with Gasteiger partial charge in [0.05, 0.1) is 4.90 Å². The number of hydrogen-bond acceptors (Lipinski definition) is 3. The lowest BCUT2D eigenvalue weighted by atomic mass is 10.1. The van der Waals surface area contributed by atoms with E-state index in [-0.39, 0.29) is 6.04 Å². The van der Waals surface area contributed by atoms with Crippen molar-refractivity contribution in [3.05, 3.63) is 66.7 Å². The highest BCUT2D eigenvalue weighted by molar-refractivity contribution is 7.89. The van der Waals surface area contributed by atoms with Crippen molar-refractivity contribution in [2.75, 3.05) is 17.2 Å². The fourth-order valence-electron chi connectivity index (χ4n) is 3.89. The van der Waals surface area contributed by atoms with Crippen LogP contribution >= 0.6 is 12.2 Å². The Kier molecular flexibility index (Phi) is 6.04. The number of hydrogen-bond donors (Lipinski definition) is 2. The molecule has 0 unspecified atom stereocenters. The molecular formula is C23H25N3O2S2. The standard InChI is InChI=1S/C23H25N3O2S2/c1-17-7-4-5-16-26(17)30(27,28)20-14-12-19(13-15-20)24-23(29)25-22-11-6-9-18-8-2-3-10-21(18)22/h2-3,6,8-15,17H,4-5,7,16H2,1H3,(H2,24,25,29)/t17-/m0/s1. The summed E-state index contributed by atoms with van der Waals surface area (Å²) in [5.74, 6) is 0. The van der Waals surface area contributed by atoms with Crippen molar-refractivity contribution in [1.82, 2.24) is 4.31 Å². The summed E-state index contributed by atoms with van der Waals surface area (Å²) in [4.78, 5) is 0.315. The maximum absolute atomic E-state index is 13.0. The van der Waals surface area contributed by atoms with Crippen LogP contribution in [-0.2, 0) is 10.0 Å². The van der Waals surface area contributed by atoms with Crippen molar-refractivity contribution in [3.8, 4) is 0 Å². The SMILES string of the molecule is C[C@H]1CCCCN1S(=O)(=O)c1ccc(NC(=S)Nc2cccc3ccccc23)cc1. The molecule has 1 aliphatic rings. The molecule has 3 aromatic rings. The van der Waals surface area contributed by atoms with Crippen LogP contribution in [0.5, 0.6) is 0 Å². The fourth-order valence-corrected chi connectivity index (χ4v) is 5.82. The molecule has 1 aliphatic heterocycles. The van der Waals surface area contributed by atoms with Crippen LogP contribution in [0, 0.1) is 0 Å². The second-order valence-electron chi connectivity index (χ2n) is 7.59. The molecule has 1 fully saturated rings. The van der Waals surface area contributed by atoms with E-state index in [2.05, 4.69) is 22.8 Å². The molecular weight excluding hydrogens is 414 g/mol. The second kappa shape index (κ2) is 8.71. The van der Waals surface area contributed by atoms with Crippen LogP contribution in [0.4, 0.5) is 11.4 Å². The summed E-state index contributed by atoms with van der Waals surface area (Å²) in [5, 5.41) is 9.03. The number of benzene rings is 3. The van der Waals surface area contributed by atoms with Gasteiger partial charge >= 0.3 is 0 Å². The van der Waals surface area contributed by atoms with E-state index in [1.165, 1.54) is 0 Å². The van der Waals surface area contributed by atoms with E-state index in [1.54, 1.807) is 28.6 Å². The number of nitrogens with one attached hydrogen (secondary N) is 2. The van der Waals surface area contributed by atoms with E-state index < -0.39 is 10.0 Å². The average Bonchev–Trinajstić information content (AvgIpc) is 2.74. The molecule has 4 rings (SSSR count). The van der Waals surface area contributed by atoms with E-state index in [0.29, 0.717) is 16.6 Å². The molecule has 0 amide bonds. The van der Waals surface area contributed by atoms with E-state index in [9.17, 15) is 8.42 Å². The fraction of sp³-hybridized carbons (Fsp3) is 0.261. The highest BCUT2D eigenvalue weighted by Gasteiger charge is 2.30. The number of rotatable bonds is 4. The van der Waals surface area contributed by atoms with Gasteiger partial charge in [0, 0.05) is 29.3 Å². The lowest BCUT2D eigenvalue weighted by Gasteiger charge is -2.32. The minimum absolute atomic E-state index is 0.0408. The number of fused-ring (bicyclic) bond motifs is 1. The van der Waals surface area contributed by atoms with Crippen molar-refractivity contribution >= 4 is 49.5 Å². The highest BCUT2D eigenvalue weighted by Crippen LogP contribution is 2.26. The predicted octanol–water partition coefficient (Wildman–Crippen LogP) is 5.21. The second-order valence-corrected chi connectivity index (χ2v) is 9.89. The molecule has 7 heteroatoms. The van der Waals surface area contributed by atoms with Crippen molar-refractivity contribution in [2.24, 2.45) is 0 Å². The molecule has 5 nitrogen and oxygen atoms in total. The number of nitrogens with zero attached hydrogens (tertiary/aromatic N) is 1. The van der Waals surface area contributed by atoms with Crippen LogP contribution in [0.3, 0.4) is 0 Å². The van der Waals surface area contributed by atoms with Gasteiger partial charge in [-0.1, -0.05) is 42.8 Å². The smallest absolute Gasteiger partial charge is 0.243 e. The molecule has 1 heterocycles. The lowest BCUT2D eigenvalue weighted by Crippen LogP contribution is -2.41. The first-order valence-electron chi connectivity index (χ1n) is 10.1. The number of thiocarbonyl (C=S) groups is 1. The zero-order chi connectivity index (χ0) is 21.1. The van der Waals surface area contributed by atoms with Gasteiger partial charge in [-0.3, -0.25) is 0 Å². The zero-order valence-electron chi connectivity index (χ0n) is 16.8. The summed E-state index contributed by atoms with van der Waals surface area (Å²) in [7, 11) is -3.47. The van der Waals surface area contributed by atoms with Crippen molar-refractivity contribution < 1.29 is 8.42 Å². The minimum atomic E-state index is -3.47. The Bertz CT molecular complexity index is 1160. The van der Waals surface area contributed by atoms with E-state index >= 15 is 0 Å². The summed E-state index contributed by atoms with van der Waals surface area (Å²) in [6.07, 6.45) is 2.90. The Labute approximate surface area is 183 Å². The summed E-state index contributed by atoms with van der Waals surface area (Å²) >= 11 is 5.46. The van der Waals surface area contributed by atoms with E-state index in [1.807, 2.05) is 37.3 Å². The lowest BCUT2D eigenvalue weighted by molar-refractivity contribution is 0.268. The quantitative estimate of drug-likeness (QED) is 0.546. The first-order chi connectivity index (χ1) is 14.4. The maximum atomic E-state index is 13.0. The van der Waals surface area contributed by atoms with Crippen molar-refractivity contribution in [1.29, 1.82) is 0 Å². The molecule has 0 aliphatic carbocycles. The molecule has 0 radical (unpaired) electrons. The first kappa shape index (κ1) is 20.8. The third kappa shape index (κ3) is 4.33. The molecule has 30 heavy (non-hydrogen) atoms. The maximum Gasteiger partial charge on any atom is 0.243 e. The van der Waals surface area contributed by atoms with Gasteiger partial charge in [-0.15, -0.1) is 0 Å². The van der Waals surface area contributed by atoms with E-state index in [4.69, 9.17) is 12.2 Å². The number of sulfonamides is 1. The average molecular weight is 440 g/mol. The van der Waals surface area contributed by atoms with Crippen LogP contribution in [-0.4, -0.2) is 30.4 Å². The zero-order valence-corrected chi connectivity index (χ0v) is 18.5. The van der Waals surface area contributed by atoms with Crippen LogP contribution in [0.15, 0.2) is 71.6 Å². The Morgan fingerprint density at radius 2 is 1.70 bits per heavy atom. The first-order valence-corrected chi connectivity index (χ1v) is 12.0. The van der Waals surface area contributed by atoms with Gasteiger partial charge in [0.1, 0.15) is 0 Å². The van der Waals surface area contributed by atoms with Gasteiger partial charge < -0.3 is 10.6 Å². The predicted molar refractivity (Wildman–Crippen MR) is 127 cm³/mol. The van der Waals surface area contributed by atoms with Crippen LogP contribution < -0.4 is 10.6 Å². The van der Waals surface area contributed by atoms with Crippen LogP contribution in [0.2, 0.25) is 0 Å². The molecule has 0 spiro atoms. The summed E-state index contributed by atoms with van der Waals surface area (Å²) in [6.45, 7) is 2.56. The van der Waals surface area contributed by atoms with Gasteiger partial charge in [0.25, 0.3) is 0 Å². The normalized spacial score (nSPS) is 17.6. The van der Waals surface area contributed by atoms with Gasteiger partial charge in [-0.2, -0.15) is 4.31 Å². The Hall–Kier alpha value is -2.48. The van der Waals surface area contributed by atoms with Gasteiger partial charge in [0.2, 0.25) is 10.0 Å². The van der Waals surface area contributed by atoms with Gasteiger partial charge in [0.15, 0.2) is 5.11 Å². The van der Waals surface area contributed by atoms with Gasteiger partial charge in [-0.25, -0.2) is 8.42 Å². The summed E-state index contributed by atoms with van der Waals surface area (Å²) < 4.78 is 27.5. The number of piperidine rings is 1. The topological polar surface area (TPSA) is 61.4 Å². The van der Waals surface area contributed by atoms with E-state index in [0.717, 1.165) is 41.4 Å². The third-order valence-corrected chi connectivity index (χ3v) is 7.73. The number of anilines is 2. The molecule has 1 saturated heterocycles. The van der Waals surface area contributed by atoms with Gasteiger partial charge in [-0.05, 0) is 67.7 Å². The molecule has 0 aromatic heterocycles.